The van der Waals surface area contributed by atoms with Crippen molar-refractivity contribution in [1.29, 1.82) is 0 Å². The third kappa shape index (κ3) is 3.69. The van der Waals surface area contributed by atoms with Crippen LogP contribution in [0.1, 0.15) is 38.3 Å². The Kier molecular flexibility index (Phi) is 4.98. The quantitative estimate of drug-likeness (QED) is 0.650. The zero-order chi connectivity index (χ0) is 20.5. The largest absolute Gasteiger partial charge is 0.302 e. The van der Waals surface area contributed by atoms with Crippen molar-refractivity contribution in [3.05, 3.63) is 70.1 Å². The molecule has 3 aromatic rings. The van der Waals surface area contributed by atoms with Crippen molar-refractivity contribution in [2.75, 3.05) is 11.9 Å². The van der Waals surface area contributed by atoms with Gasteiger partial charge in [-0.15, -0.1) is 11.3 Å². The van der Waals surface area contributed by atoms with Crippen LogP contribution in [-0.4, -0.2) is 34.2 Å². The van der Waals surface area contributed by atoms with Crippen molar-refractivity contribution in [1.82, 2.24) is 9.88 Å². The number of rotatable bonds is 5. The summed E-state index contributed by atoms with van der Waals surface area (Å²) in [6, 6.07) is 12.8. The number of hydrogen-bond donors (Lipinski definition) is 1. The fourth-order valence-corrected chi connectivity index (χ4v) is 4.03. The molecule has 7 heteroatoms. The fraction of sp³-hybridized carbons (Fsp3) is 0.182. The van der Waals surface area contributed by atoms with Crippen LogP contribution in [-0.2, 0) is 4.79 Å². The predicted molar refractivity (Wildman–Crippen MR) is 112 cm³/mol. The van der Waals surface area contributed by atoms with Crippen molar-refractivity contribution >= 4 is 34.2 Å². The van der Waals surface area contributed by atoms with Crippen molar-refractivity contribution in [2.45, 2.75) is 20.3 Å². The first-order valence-electron chi connectivity index (χ1n) is 9.22. The molecule has 6 nitrogen and oxygen atoms in total. The Morgan fingerprint density at radius 3 is 2.41 bits per heavy atom. The SMILES string of the molecule is Cc1ccc(C)c(-c2csc(NC(=O)CCN3C(=O)c4ccccc4C3=O)n2)c1. The first-order valence-corrected chi connectivity index (χ1v) is 10.1. The van der Waals surface area contributed by atoms with Gasteiger partial charge in [0.25, 0.3) is 11.8 Å². The third-order valence-corrected chi connectivity index (χ3v) is 5.62. The second-order valence-corrected chi connectivity index (χ2v) is 7.82. The van der Waals surface area contributed by atoms with Crippen LogP contribution in [0.2, 0.25) is 0 Å². The lowest BCUT2D eigenvalue weighted by Gasteiger charge is -2.12. The minimum Gasteiger partial charge on any atom is -0.302 e. The fourth-order valence-electron chi connectivity index (χ4n) is 3.30. The zero-order valence-corrected chi connectivity index (χ0v) is 16.9. The molecule has 0 radical (unpaired) electrons. The van der Waals surface area contributed by atoms with Gasteiger partial charge in [-0.2, -0.15) is 0 Å². The Hall–Kier alpha value is -3.32. The highest BCUT2D eigenvalue weighted by Crippen LogP contribution is 2.28. The average molecular weight is 405 g/mol. The van der Waals surface area contributed by atoms with E-state index in [4.69, 9.17) is 0 Å². The molecule has 4 rings (SSSR count). The van der Waals surface area contributed by atoms with Crippen molar-refractivity contribution in [3.63, 3.8) is 0 Å². The molecule has 0 atom stereocenters. The van der Waals surface area contributed by atoms with Crippen LogP contribution in [0.3, 0.4) is 0 Å². The smallest absolute Gasteiger partial charge is 0.261 e. The number of nitrogens with one attached hydrogen (secondary N) is 1. The monoisotopic (exact) mass is 405 g/mol. The average Bonchev–Trinajstić information content (AvgIpc) is 3.26. The molecular weight excluding hydrogens is 386 g/mol. The molecule has 0 fully saturated rings. The summed E-state index contributed by atoms with van der Waals surface area (Å²) in [5, 5.41) is 5.16. The van der Waals surface area contributed by atoms with E-state index in [-0.39, 0.29) is 30.7 Å². The van der Waals surface area contributed by atoms with E-state index in [0.717, 1.165) is 27.3 Å². The summed E-state index contributed by atoms with van der Waals surface area (Å²) in [5.74, 6) is -1.00. The second kappa shape index (κ2) is 7.60. The van der Waals surface area contributed by atoms with Crippen LogP contribution in [0.15, 0.2) is 47.8 Å². The lowest BCUT2D eigenvalue weighted by Crippen LogP contribution is -2.32. The van der Waals surface area contributed by atoms with E-state index < -0.39 is 0 Å². The molecule has 2 aromatic carbocycles. The molecule has 2 heterocycles. The molecule has 1 aliphatic heterocycles. The van der Waals surface area contributed by atoms with E-state index in [1.807, 2.05) is 31.4 Å². The lowest BCUT2D eigenvalue weighted by molar-refractivity contribution is -0.116. The van der Waals surface area contributed by atoms with Crippen LogP contribution in [0.5, 0.6) is 0 Å². The Bertz CT molecular complexity index is 1100. The standard InChI is InChI=1S/C22H19N3O3S/c1-13-7-8-14(2)17(11-13)18-12-29-22(23-18)24-19(26)9-10-25-20(27)15-5-3-4-6-16(15)21(25)28/h3-8,11-12H,9-10H2,1-2H3,(H,23,24,26). The van der Waals surface area contributed by atoms with Gasteiger partial charge in [0.1, 0.15) is 0 Å². The molecule has 3 amide bonds. The van der Waals surface area contributed by atoms with Crippen LogP contribution in [0.25, 0.3) is 11.3 Å². The number of thiazole rings is 1. The number of benzene rings is 2. The molecule has 1 N–H and O–H groups in total. The van der Waals surface area contributed by atoms with Crippen LogP contribution >= 0.6 is 11.3 Å². The van der Waals surface area contributed by atoms with E-state index >= 15 is 0 Å². The normalized spacial score (nSPS) is 13.0. The molecule has 0 saturated carbocycles. The number of amides is 3. The summed E-state index contributed by atoms with van der Waals surface area (Å²) >= 11 is 1.35. The number of carbonyl (C=O) groups excluding carboxylic acids is 3. The first kappa shape index (κ1) is 19.0. The van der Waals surface area contributed by atoms with Gasteiger partial charge >= 0.3 is 0 Å². The summed E-state index contributed by atoms with van der Waals surface area (Å²) in [7, 11) is 0. The van der Waals surface area contributed by atoms with Crippen molar-refractivity contribution in [2.24, 2.45) is 0 Å². The number of fused-ring (bicyclic) bond motifs is 1. The second-order valence-electron chi connectivity index (χ2n) is 6.96. The maximum atomic E-state index is 12.4. The molecule has 0 spiro atoms. The number of anilines is 1. The number of hydrogen-bond acceptors (Lipinski definition) is 5. The minimum absolute atomic E-state index is 0.0177. The van der Waals surface area contributed by atoms with Crippen molar-refractivity contribution in [3.8, 4) is 11.3 Å². The summed E-state index contributed by atoms with van der Waals surface area (Å²) in [6.45, 7) is 4.08. The highest BCUT2D eigenvalue weighted by atomic mass is 32.1. The zero-order valence-electron chi connectivity index (χ0n) is 16.1. The van der Waals surface area contributed by atoms with E-state index in [2.05, 4.69) is 16.4 Å². The minimum atomic E-state index is -0.357. The van der Waals surface area contributed by atoms with Gasteiger partial charge in [-0.3, -0.25) is 19.3 Å². The Balaban J connectivity index is 1.39. The first-order chi connectivity index (χ1) is 13.9. The maximum absolute atomic E-state index is 12.4. The summed E-state index contributed by atoms with van der Waals surface area (Å²) in [4.78, 5) is 42.7. The topological polar surface area (TPSA) is 79.4 Å². The van der Waals surface area contributed by atoms with E-state index in [1.54, 1.807) is 24.3 Å². The van der Waals surface area contributed by atoms with Gasteiger partial charge < -0.3 is 5.32 Å². The molecule has 29 heavy (non-hydrogen) atoms. The Labute approximate surface area is 172 Å². The van der Waals surface area contributed by atoms with E-state index in [1.165, 1.54) is 11.3 Å². The molecule has 0 unspecified atom stereocenters. The highest BCUT2D eigenvalue weighted by Gasteiger charge is 2.34. The van der Waals surface area contributed by atoms with Crippen LogP contribution in [0.4, 0.5) is 5.13 Å². The Morgan fingerprint density at radius 2 is 1.72 bits per heavy atom. The Morgan fingerprint density at radius 1 is 1.03 bits per heavy atom. The molecular formula is C22H19N3O3S. The molecule has 146 valence electrons. The number of imide groups is 1. The summed E-state index contributed by atoms with van der Waals surface area (Å²) in [6.07, 6.45) is 0.0177. The maximum Gasteiger partial charge on any atom is 0.261 e. The number of nitrogens with zero attached hydrogens (tertiary/aromatic N) is 2. The third-order valence-electron chi connectivity index (χ3n) is 4.86. The van der Waals surface area contributed by atoms with Crippen LogP contribution in [0, 0.1) is 13.8 Å². The predicted octanol–water partition coefficient (Wildman–Crippen LogP) is 4.05. The number of aromatic nitrogens is 1. The lowest BCUT2D eigenvalue weighted by atomic mass is 10.0. The molecule has 0 saturated heterocycles. The molecule has 1 aromatic heterocycles. The molecule has 0 bridgehead atoms. The number of carbonyl (C=O) groups is 3. The van der Waals surface area contributed by atoms with Gasteiger partial charge in [-0.05, 0) is 37.6 Å². The van der Waals surface area contributed by atoms with Crippen LogP contribution < -0.4 is 5.32 Å². The van der Waals surface area contributed by atoms with Gasteiger partial charge in [-0.1, -0.05) is 29.8 Å². The number of aryl methyl sites for hydroxylation is 2. The van der Waals surface area contributed by atoms with E-state index in [9.17, 15) is 14.4 Å². The van der Waals surface area contributed by atoms with Gasteiger partial charge in [0.05, 0.1) is 16.8 Å². The summed E-state index contributed by atoms with van der Waals surface area (Å²) < 4.78 is 0. The van der Waals surface area contributed by atoms with Gasteiger partial charge in [-0.25, -0.2) is 4.98 Å². The summed E-state index contributed by atoms with van der Waals surface area (Å²) in [5.41, 5.74) is 4.88. The van der Waals surface area contributed by atoms with E-state index in [0.29, 0.717) is 16.3 Å². The van der Waals surface area contributed by atoms with Gasteiger partial charge in [0.2, 0.25) is 5.91 Å². The van der Waals surface area contributed by atoms with Crippen molar-refractivity contribution < 1.29 is 14.4 Å². The van der Waals surface area contributed by atoms with Gasteiger partial charge in [0, 0.05) is 23.9 Å². The van der Waals surface area contributed by atoms with Gasteiger partial charge in [0.15, 0.2) is 5.13 Å². The highest BCUT2D eigenvalue weighted by molar-refractivity contribution is 7.14. The molecule has 0 aliphatic carbocycles. The molecule has 1 aliphatic rings.